The van der Waals surface area contributed by atoms with E-state index in [-0.39, 0.29) is 23.0 Å². The monoisotopic (exact) mass is 244 g/mol. The Labute approximate surface area is 98.1 Å². The lowest BCUT2D eigenvalue weighted by Crippen LogP contribution is -2.19. The van der Waals surface area contributed by atoms with Gasteiger partial charge in [-0.3, -0.25) is 4.79 Å². The van der Waals surface area contributed by atoms with Gasteiger partial charge in [0, 0.05) is 0 Å². The summed E-state index contributed by atoms with van der Waals surface area (Å²) in [5, 5.41) is 28.4. The Hall–Kier alpha value is -1.10. The number of carbonyl (C=O) groups excluding carboxylic acids is 1. The van der Waals surface area contributed by atoms with Crippen molar-refractivity contribution in [2.45, 2.75) is 19.1 Å². The van der Waals surface area contributed by atoms with Crippen molar-refractivity contribution in [2.75, 3.05) is 5.88 Å². The van der Waals surface area contributed by atoms with Crippen LogP contribution in [0.1, 0.15) is 28.9 Å². The van der Waals surface area contributed by atoms with E-state index in [2.05, 4.69) is 0 Å². The largest absolute Gasteiger partial charge is 0.507 e. The fourth-order valence-corrected chi connectivity index (χ4v) is 1.51. The Bertz CT molecular complexity index is 392. The number of alkyl halides is 1. The fraction of sp³-hybridized carbons (Fsp3) is 0.364. The highest BCUT2D eigenvalue weighted by atomic mass is 35.5. The second kappa shape index (κ2) is 5.30. The first kappa shape index (κ1) is 13.0. The van der Waals surface area contributed by atoms with Crippen LogP contribution >= 0.6 is 11.6 Å². The number of ketones is 1. The molecule has 2 unspecified atom stereocenters. The number of hydrogen-bond acceptors (Lipinski definition) is 4. The average Bonchev–Trinajstić information content (AvgIpc) is 2.26. The van der Waals surface area contributed by atoms with Crippen LogP contribution in [0.4, 0.5) is 0 Å². The lowest BCUT2D eigenvalue weighted by atomic mass is 10.0. The van der Waals surface area contributed by atoms with Crippen LogP contribution in [0.3, 0.4) is 0 Å². The van der Waals surface area contributed by atoms with Crippen LogP contribution in [0.25, 0.3) is 0 Å². The molecule has 0 saturated heterocycles. The molecular weight excluding hydrogens is 232 g/mol. The maximum absolute atomic E-state index is 11.0. The van der Waals surface area contributed by atoms with E-state index in [4.69, 9.17) is 11.6 Å². The van der Waals surface area contributed by atoms with E-state index in [0.717, 1.165) is 0 Å². The van der Waals surface area contributed by atoms with Gasteiger partial charge in [-0.1, -0.05) is 6.07 Å². The highest BCUT2D eigenvalue weighted by molar-refractivity contribution is 6.18. The molecule has 0 heterocycles. The third-order valence-electron chi connectivity index (χ3n) is 2.27. The molecule has 0 aromatic heterocycles. The Kier molecular flexibility index (Phi) is 4.29. The van der Waals surface area contributed by atoms with Crippen LogP contribution in [0.5, 0.6) is 5.75 Å². The van der Waals surface area contributed by atoms with Gasteiger partial charge in [0.15, 0.2) is 5.78 Å². The predicted octanol–water partition coefficient (Wildman–Crippen LogP) is 1.23. The molecule has 0 aliphatic heterocycles. The number of rotatable bonds is 4. The second-order valence-electron chi connectivity index (χ2n) is 3.50. The van der Waals surface area contributed by atoms with Gasteiger partial charge in [0.1, 0.15) is 11.9 Å². The van der Waals surface area contributed by atoms with Crippen LogP contribution in [0.2, 0.25) is 0 Å². The molecule has 16 heavy (non-hydrogen) atoms. The number of aromatic hydroxyl groups is 1. The van der Waals surface area contributed by atoms with Crippen LogP contribution < -0.4 is 0 Å². The van der Waals surface area contributed by atoms with Crippen LogP contribution in [0, 0.1) is 0 Å². The second-order valence-corrected chi connectivity index (χ2v) is 3.81. The van der Waals surface area contributed by atoms with Crippen LogP contribution in [0.15, 0.2) is 18.2 Å². The van der Waals surface area contributed by atoms with Crippen LogP contribution in [-0.2, 0) is 0 Å². The first-order valence-electron chi connectivity index (χ1n) is 4.73. The van der Waals surface area contributed by atoms with Crippen molar-refractivity contribution in [3.8, 4) is 5.75 Å². The van der Waals surface area contributed by atoms with Gasteiger partial charge in [0.05, 0.1) is 17.5 Å². The molecule has 0 amide bonds. The van der Waals surface area contributed by atoms with Crippen molar-refractivity contribution in [1.82, 2.24) is 0 Å². The minimum atomic E-state index is -1.18. The number of Topliss-reactive ketones (excluding diaryl/α,β-unsaturated/α-hetero) is 1. The molecule has 88 valence electrons. The van der Waals surface area contributed by atoms with E-state index in [1.165, 1.54) is 25.1 Å². The number of aliphatic hydroxyl groups excluding tert-OH is 2. The zero-order valence-electron chi connectivity index (χ0n) is 8.72. The summed E-state index contributed by atoms with van der Waals surface area (Å²) in [6.07, 6.45) is -2.28. The normalized spacial score (nSPS) is 14.5. The van der Waals surface area contributed by atoms with Crippen molar-refractivity contribution in [3.05, 3.63) is 29.3 Å². The number of carbonyl (C=O) groups is 1. The maximum atomic E-state index is 11.0. The maximum Gasteiger partial charge on any atom is 0.163 e. The lowest BCUT2D eigenvalue weighted by Gasteiger charge is -2.16. The first-order chi connectivity index (χ1) is 7.47. The zero-order chi connectivity index (χ0) is 12.3. The van der Waals surface area contributed by atoms with Crippen molar-refractivity contribution < 1.29 is 20.1 Å². The molecule has 0 saturated carbocycles. The van der Waals surface area contributed by atoms with Gasteiger partial charge in [0.2, 0.25) is 0 Å². The molecule has 0 bridgehead atoms. The average molecular weight is 245 g/mol. The standard InChI is InChI=1S/C11H13ClO4/c1-6(13)8-3-2-7(4-9(8)14)11(16)10(15)5-12/h2-4,10-11,14-16H,5H2,1H3. The minimum absolute atomic E-state index is 0.115. The fourth-order valence-electron chi connectivity index (χ4n) is 1.34. The smallest absolute Gasteiger partial charge is 0.163 e. The molecule has 0 aliphatic carbocycles. The molecule has 4 nitrogen and oxygen atoms in total. The molecular formula is C11H13ClO4. The highest BCUT2D eigenvalue weighted by Crippen LogP contribution is 2.25. The SMILES string of the molecule is CC(=O)c1ccc(C(O)C(O)CCl)cc1O. The Morgan fingerprint density at radius 1 is 1.44 bits per heavy atom. The van der Waals surface area contributed by atoms with Gasteiger partial charge in [-0.05, 0) is 24.6 Å². The summed E-state index contributed by atoms with van der Waals surface area (Å²) in [5.74, 6) is -0.599. The Morgan fingerprint density at radius 3 is 2.50 bits per heavy atom. The van der Waals surface area contributed by atoms with Gasteiger partial charge in [0.25, 0.3) is 0 Å². The predicted molar refractivity (Wildman–Crippen MR) is 59.8 cm³/mol. The first-order valence-corrected chi connectivity index (χ1v) is 5.26. The topological polar surface area (TPSA) is 77.8 Å². The van der Waals surface area contributed by atoms with E-state index in [1.807, 2.05) is 0 Å². The zero-order valence-corrected chi connectivity index (χ0v) is 9.48. The van der Waals surface area contributed by atoms with Gasteiger partial charge < -0.3 is 15.3 Å². The number of hydrogen-bond donors (Lipinski definition) is 3. The Balaban J connectivity index is 3.01. The van der Waals surface area contributed by atoms with Crippen molar-refractivity contribution in [2.24, 2.45) is 0 Å². The number of aliphatic hydroxyl groups is 2. The molecule has 5 heteroatoms. The number of benzene rings is 1. The summed E-state index contributed by atoms with van der Waals surface area (Å²) in [6, 6.07) is 4.12. The molecule has 1 rings (SSSR count). The third kappa shape index (κ3) is 2.72. The number of phenolic OH excluding ortho intramolecular Hbond substituents is 1. The van der Waals surface area contributed by atoms with E-state index < -0.39 is 12.2 Å². The van der Waals surface area contributed by atoms with E-state index >= 15 is 0 Å². The molecule has 1 aromatic rings. The van der Waals surface area contributed by atoms with Crippen molar-refractivity contribution in [1.29, 1.82) is 0 Å². The van der Waals surface area contributed by atoms with Gasteiger partial charge in [-0.25, -0.2) is 0 Å². The van der Waals surface area contributed by atoms with E-state index in [0.29, 0.717) is 5.56 Å². The van der Waals surface area contributed by atoms with Crippen LogP contribution in [-0.4, -0.2) is 33.1 Å². The molecule has 0 radical (unpaired) electrons. The summed E-state index contributed by atoms with van der Waals surface area (Å²) >= 11 is 5.39. The summed E-state index contributed by atoms with van der Waals surface area (Å²) in [6.45, 7) is 1.33. The minimum Gasteiger partial charge on any atom is -0.507 e. The highest BCUT2D eigenvalue weighted by Gasteiger charge is 2.19. The molecule has 2 atom stereocenters. The summed E-state index contributed by atoms with van der Waals surface area (Å²) in [5.41, 5.74) is 0.493. The lowest BCUT2D eigenvalue weighted by molar-refractivity contribution is 0.0326. The Morgan fingerprint density at radius 2 is 2.06 bits per heavy atom. The van der Waals surface area contributed by atoms with Gasteiger partial charge >= 0.3 is 0 Å². The third-order valence-corrected chi connectivity index (χ3v) is 2.58. The summed E-state index contributed by atoms with van der Waals surface area (Å²) in [7, 11) is 0. The molecule has 1 aromatic carbocycles. The summed E-state index contributed by atoms with van der Waals surface area (Å²) < 4.78 is 0. The summed E-state index contributed by atoms with van der Waals surface area (Å²) in [4.78, 5) is 11.0. The number of phenols is 1. The quantitative estimate of drug-likeness (QED) is 0.550. The molecule has 0 spiro atoms. The van der Waals surface area contributed by atoms with Gasteiger partial charge in [-0.2, -0.15) is 0 Å². The van der Waals surface area contributed by atoms with Gasteiger partial charge in [-0.15, -0.1) is 11.6 Å². The molecule has 0 fully saturated rings. The van der Waals surface area contributed by atoms with Crippen molar-refractivity contribution >= 4 is 17.4 Å². The molecule has 3 N–H and O–H groups in total. The van der Waals surface area contributed by atoms with E-state index in [9.17, 15) is 20.1 Å². The number of halogens is 1. The molecule has 0 aliphatic rings. The van der Waals surface area contributed by atoms with Crippen molar-refractivity contribution in [3.63, 3.8) is 0 Å². The van der Waals surface area contributed by atoms with E-state index in [1.54, 1.807) is 0 Å².